The van der Waals surface area contributed by atoms with Gasteiger partial charge in [-0.1, -0.05) is 12.1 Å². The maximum absolute atomic E-state index is 11.8. The molecule has 0 aliphatic heterocycles. The first-order valence-electron chi connectivity index (χ1n) is 6.39. The summed E-state index contributed by atoms with van der Waals surface area (Å²) in [4.78, 5) is 11.8. The average Bonchev–Trinajstić information content (AvgIpc) is 2.49. The van der Waals surface area contributed by atoms with Crippen LogP contribution in [0.25, 0.3) is 0 Å². The first-order chi connectivity index (χ1) is 10.1. The second-order valence-corrected chi connectivity index (χ2v) is 4.42. The van der Waals surface area contributed by atoms with E-state index < -0.39 is 0 Å². The molecular formula is C16H15N3O2. The maximum Gasteiger partial charge on any atom is 0.254 e. The molecule has 0 aromatic heterocycles. The fraction of sp³-hybridized carbons (Fsp3) is 0.125. The van der Waals surface area contributed by atoms with Gasteiger partial charge in [0.25, 0.3) is 5.91 Å². The third-order valence-electron chi connectivity index (χ3n) is 2.91. The number of amides is 1. The van der Waals surface area contributed by atoms with E-state index in [1.165, 1.54) is 0 Å². The number of anilines is 1. The molecule has 1 amide bonds. The molecule has 0 aliphatic carbocycles. The SMILES string of the molecule is CNC(=O)c1ccc(N)cc1Oc1ccc(CC#N)cc1. The number of benzene rings is 2. The molecule has 2 aromatic carbocycles. The summed E-state index contributed by atoms with van der Waals surface area (Å²) in [7, 11) is 1.55. The molecule has 0 spiro atoms. The Morgan fingerprint density at radius 2 is 2.00 bits per heavy atom. The number of rotatable bonds is 4. The Morgan fingerprint density at radius 1 is 1.29 bits per heavy atom. The van der Waals surface area contributed by atoms with E-state index in [1.807, 2.05) is 12.1 Å². The summed E-state index contributed by atoms with van der Waals surface area (Å²) in [6.45, 7) is 0. The number of ether oxygens (including phenoxy) is 1. The van der Waals surface area contributed by atoms with Gasteiger partial charge < -0.3 is 15.8 Å². The lowest BCUT2D eigenvalue weighted by Crippen LogP contribution is -2.18. The second kappa shape index (κ2) is 6.44. The van der Waals surface area contributed by atoms with Gasteiger partial charge >= 0.3 is 0 Å². The van der Waals surface area contributed by atoms with E-state index in [1.54, 1.807) is 37.4 Å². The van der Waals surface area contributed by atoms with Gasteiger partial charge in [0.05, 0.1) is 18.1 Å². The van der Waals surface area contributed by atoms with Gasteiger partial charge in [-0.05, 0) is 29.8 Å². The number of nitriles is 1. The number of hydrogen-bond acceptors (Lipinski definition) is 4. The number of nitrogens with two attached hydrogens (primary N) is 1. The van der Waals surface area contributed by atoms with Gasteiger partial charge in [0.2, 0.25) is 0 Å². The normalized spacial score (nSPS) is 9.71. The van der Waals surface area contributed by atoms with E-state index in [2.05, 4.69) is 11.4 Å². The maximum atomic E-state index is 11.8. The second-order valence-electron chi connectivity index (χ2n) is 4.42. The van der Waals surface area contributed by atoms with Crippen LogP contribution in [0.3, 0.4) is 0 Å². The van der Waals surface area contributed by atoms with Gasteiger partial charge in [-0.25, -0.2) is 0 Å². The zero-order chi connectivity index (χ0) is 15.2. The number of carbonyl (C=O) groups excluding carboxylic acids is 1. The third kappa shape index (κ3) is 3.51. The fourth-order valence-corrected chi connectivity index (χ4v) is 1.84. The average molecular weight is 281 g/mol. The Labute approximate surface area is 123 Å². The lowest BCUT2D eigenvalue weighted by molar-refractivity contribution is 0.0961. The van der Waals surface area contributed by atoms with Crippen LogP contribution in [-0.2, 0) is 6.42 Å². The van der Waals surface area contributed by atoms with E-state index in [0.717, 1.165) is 5.56 Å². The highest BCUT2D eigenvalue weighted by Crippen LogP contribution is 2.27. The monoisotopic (exact) mass is 281 g/mol. The topological polar surface area (TPSA) is 88.1 Å². The molecule has 0 unspecified atom stereocenters. The fourth-order valence-electron chi connectivity index (χ4n) is 1.84. The van der Waals surface area contributed by atoms with Gasteiger partial charge in [0.1, 0.15) is 11.5 Å². The van der Waals surface area contributed by atoms with Crippen molar-refractivity contribution in [2.24, 2.45) is 0 Å². The Kier molecular flexibility index (Phi) is 4.42. The van der Waals surface area contributed by atoms with Crippen molar-refractivity contribution < 1.29 is 9.53 Å². The largest absolute Gasteiger partial charge is 0.456 e. The molecule has 0 saturated heterocycles. The Morgan fingerprint density at radius 3 is 2.62 bits per heavy atom. The van der Waals surface area contributed by atoms with Crippen molar-refractivity contribution in [3.05, 3.63) is 53.6 Å². The van der Waals surface area contributed by atoms with Crippen molar-refractivity contribution in [1.29, 1.82) is 5.26 Å². The van der Waals surface area contributed by atoms with Crippen LogP contribution in [0.4, 0.5) is 5.69 Å². The lowest BCUT2D eigenvalue weighted by Gasteiger charge is -2.11. The number of nitrogens with zero attached hydrogens (tertiary/aromatic N) is 1. The molecule has 0 radical (unpaired) electrons. The minimum absolute atomic E-state index is 0.244. The molecule has 2 rings (SSSR count). The third-order valence-corrected chi connectivity index (χ3v) is 2.91. The summed E-state index contributed by atoms with van der Waals surface area (Å²) in [6, 6.07) is 14.1. The van der Waals surface area contributed by atoms with Crippen LogP contribution in [0.15, 0.2) is 42.5 Å². The number of nitrogen functional groups attached to an aromatic ring is 1. The van der Waals surface area contributed by atoms with Crippen LogP contribution in [0.1, 0.15) is 15.9 Å². The Hall–Kier alpha value is -3.00. The van der Waals surface area contributed by atoms with E-state index in [-0.39, 0.29) is 5.91 Å². The van der Waals surface area contributed by atoms with E-state index in [9.17, 15) is 4.79 Å². The van der Waals surface area contributed by atoms with Crippen molar-refractivity contribution in [2.75, 3.05) is 12.8 Å². The highest BCUT2D eigenvalue weighted by molar-refractivity contribution is 5.97. The predicted molar refractivity (Wildman–Crippen MR) is 80.1 cm³/mol. The molecule has 21 heavy (non-hydrogen) atoms. The van der Waals surface area contributed by atoms with Gasteiger partial charge in [-0.2, -0.15) is 5.26 Å². The Bertz CT molecular complexity index is 688. The quantitative estimate of drug-likeness (QED) is 0.843. The van der Waals surface area contributed by atoms with Crippen molar-refractivity contribution in [2.45, 2.75) is 6.42 Å². The summed E-state index contributed by atoms with van der Waals surface area (Å²) in [5.74, 6) is 0.723. The first kappa shape index (κ1) is 14.4. The van der Waals surface area contributed by atoms with Crippen molar-refractivity contribution in [3.63, 3.8) is 0 Å². The summed E-state index contributed by atoms with van der Waals surface area (Å²) < 4.78 is 5.72. The molecular weight excluding hydrogens is 266 g/mol. The van der Waals surface area contributed by atoms with Gasteiger partial charge in [-0.3, -0.25) is 4.79 Å². The van der Waals surface area contributed by atoms with Crippen LogP contribution in [0.2, 0.25) is 0 Å². The number of hydrogen-bond donors (Lipinski definition) is 2. The van der Waals surface area contributed by atoms with Gasteiger partial charge in [0, 0.05) is 18.8 Å². The summed E-state index contributed by atoms with van der Waals surface area (Å²) >= 11 is 0. The lowest BCUT2D eigenvalue weighted by atomic mass is 10.1. The zero-order valence-corrected chi connectivity index (χ0v) is 11.6. The van der Waals surface area contributed by atoms with Crippen LogP contribution in [0, 0.1) is 11.3 Å². The first-order valence-corrected chi connectivity index (χ1v) is 6.39. The molecule has 0 fully saturated rings. The molecule has 106 valence electrons. The molecule has 0 bridgehead atoms. The van der Waals surface area contributed by atoms with E-state index in [0.29, 0.717) is 29.2 Å². The van der Waals surface area contributed by atoms with Crippen LogP contribution < -0.4 is 15.8 Å². The standard InChI is InChI=1S/C16H15N3O2/c1-19-16(20)14-7-4-12(18)10-15(14)21-13-5-2-11(3-6-13)8-9-17/h2-7,10H,8,18H2,1H3,(H,19,20). The van der Waals surface area contributed by atoms with Gasteiger partial charge in [0.15, 0.2) is 0 Å². The number of nitrogens with one attached hydrogen (secondary N) is 1. The molecule has 5 nitrogen and oxygen atoms in total. The highest BCUT2D eigenvalue weighted by atomic mass is 16.5. The van der Waals surface area contributed by atoms with Crippen LogP contribution in [-0.4, -0.2) is 13.0 Å². The molecule has 3 N–H and O–H groups in total. The van der Waals surface area contributed by atoms with Crippen molar-refractivity contribution >= 4 is 11.6 Å². The molecule has 0 heterocycles. The molecule has 0 aliphatic rings. The summed E-state index contributed by atoms with van der Waals surface area (Å²) in [6.07, 6.45) is 0.349. The zero-order valence-electron chi connectivity index (χ0n) is 11.6. The minimum Gasteiger partial charge on any atom is -0.456 e. The molecule has 5 heteroatoms. The van der Waals surface area contributed by atoms with E-state index in [4.69, 9.17) is 15.7 Å². The van der Waals surface area contributed by atoms with Crippen molar-refractivity contribution in [3.8, 4) is 17.6 Å². The smallest absolute Gasteiger partial charge is 0.254 e. The molecule has 0 atom stereocenters. The summed E-state index contributed by atoms with van der Waals surface area (Å²) in [5.41, 5.74) is 7.57. The minimum atomic E-state index is -0.244. The van der Waals surface area contributed by atoms with E-state index >= 15 is 0 Å². The molecule has 2 aromatic rings. The van der Waals surface area contributed by atoms with Crippen molar-refractivity contribution in [1.82, 2.24) is 5.32 Å². The number of carbonyl (C=O) groups is 1. The molecule has 0 saturated carbocycles. The Balaban J connectivity index is 2.28. The van der Waals surface area contributed by atoms with Crippen LogP contribution in [0.5, 0.6) is 11.5 Å². The van der Waals surface area contributed by atoms with Gasteiger partial charge in [-0.15, -0.1) is 0 Å². The predicted octanol–water partition coefficient (Wildman–Crippen LogP) is 2.49. The highest BCUT2D eigenvalue weighted by Gasteiger charge is 2.12. The summed E-state index contributed by atoms with van der Waals surface area (Å²) in [5, 5.41) is 11.2. The van der Waals surface area contributed by atoms with Crippen LogP contribution >= 0.6 is 0 Å².